The average Bonchev–Trinajstić information content (AvgIpc) is 4.10. The van der Waals surface area contributed by atoms with Gasteiger partial charge in [-0.15, -0.1) is 0 Å². The number of aromatic nitrogens is 3. The second kappa shape index (κ2) is 13.8. The van der Waals surface area contributed by atoms with Crippen LogP contribution in [0.1, 0.15) is 0 Å². The molecular formula is C60H37N3Se. The Bertz CT molecular complexity index is 4140. The number of hydrogen-bond acceptors (Lipinski definition) is 0. The zero-order valence-electron chi connectivity index (χ0n) is 34.6. The fourth-order valence-corrected chi connectivity index (χ4v) is 13.2. The van der Waals surface area contributed by atoms with Gasteiger partial charge in [0.1, 0.15) is 0 Å². The first-order chi connectivity index (χ1) is 31.8. The van der Waals surface area contributed by atoms with Crippen LogP contribution in [-0.2, 0) is 0 Å². The van der Waals surface area contributed by atoms with Gasteiger partial charge < -0.3 is 4.57 Å². The van der Waals surface area contributed by atoms with Gasteiger partial charge >= 0.3 is 290 Å². The van der Waals surface area contributed by atoms with Crippen molar-refractivity contribution in [1.29, 1.82) is 0 Å². The van der Waals surface area contributed by atoms with E-state index < -0.39 is 0 Å². The molecule has 10 aromatic carbocycles. The number of para-hydroxylation sites is 4. The van der Waals surface area contributed by atoms with Gasteiger partial charge in [0, 0.05) is 16.5 Å². The predicted octanol–water partition coefficient (Wildman–Crippen LogP) is 15.7. The van der Waals surface area contributed by atoms with E-state index in [9.17, 15) is 0 Å². The van der Waals surface area contributed by atoms with Crippen LogP contribution in [0.4, 0.5) is 0 Å². The Morgan fingerprint density at radius 2 is 0.688 bits per heavy atom. The quantitative estimate of drug-likeness (QED) is 0.153. The van der Waals surface area contributed by atoms with E-state index in [1.807, 2.05) is 0 Å². The molecule has 0 fully saturated rings. The number of rotatable bonds is 5. The van der Waals surface area contributed by atoms with Gasteiger partial charge in [-0.1, -0.05) is 42.5 Å². The van der Waals surface area contributed by atoms with Gasteiger partial charge in [0.2, 0.25) is 0 Å². The molecule has 0 bridgehead atoms. The van der Waals surface area contributed by atoms with Crippen molar-refractivity contribution >= 4 is 99.2 Å². The Balaban J connectivity index is 1.01. The molecule has 0 aliphatic rings. The molecule has 14 aromatic rings. The summed E-state index contributed by atoms with van der Waals surface area (Å²) in [4.78, 5) is 0. The summed E-state index contributed by atoms with van der Waals surface area (Å²) < 4.78 is 10.3. The molecule has 0 saturated heterocycles. The summed E-state index contributed by atoms with van der Waals surface area (Å²) in [6, 6.07) is 83.2. The maximum absolute atomic E-state index is 2.55. The van der Waals surface area contributed by atoms with Crippen LogP contribution in [0.3, 0.4) is 0 Å². The molecule has 3 nitrogen and oxygen atoms in total. The number of nitrogens with zero attached hydrogens (tertiary/aromatic N) is 3. The van der Waals surface area contributed by atoms with Crippen LogP contribution in [0.5, 0.6) is 0 Å². The van der Waals surface area contributed by atoms with Crippen molar-refractivity contribution in [3.05, 3.63) is 224 Å². The van der Waals surface area contributed by atoms with E-state index in [2.05, 4.69) is 238 Å². The molecule has 0 radical (unpaired) electrons. The molecule has 0 aliphatic carbocycles. The summed E-state index contributed by atoms with van der Waals surface area (Å²) >= 11 is 0.183. The maximum atomic E-state index is 2.55. The van der Waals surface area contributed by atoms with Gasteiger partial charge in [0.25, 0.3) is 0 Å². The third-order valence-corrected chi connectivity index (χ3v) is 15.8. The summed E-state index contributed by atoms with van der Waals surface area (Å²) in [6.45, 7) is 0. The molecule has 4 heterocycles. The van der Waals surface area contributed by atoms with Crippen molar-refractivity contribution < 1.29 is 0 Å². The fourth-order valence-electron chi connectivity index (χ4n) is 10.7. The van der Waals surface area contributed by atoms with Gasteiger partial charge in [-0.05, 0) is 12.1 Å². The van der Waals surface area contributed by atoms with E-state index in [1.54, 1.807) is 0 Å². The SMILES string of the molecule is c1ccc(-c2ccccc2-c2cc(-n3c4ccccc4c4cc(-n5c6ccccc6c6cc(-n7c8ccccc8c8ccccc87)ccc65)ccc43)c3c(c2)[se]c2ccccc23)cc1. The Morgan fingerprint density at radius 1 is 0.266 bits per heavy atom. The number of hydrogen-bond donors (Lipinski definition) is 0. The van der Waals surface area contributed by atoms with Crippen molar-refractivity contribution in [1.82, 2.24) is 13.7 Å². The summed E-state index contributed by atoms with van der Waals surface area (Å²) in [6.07, 6.45) is 0. The summed E-state index contributed by atoms with van der Waals surface area (Å²) in [5.41, 5.74) is 15.7. The van der Waals surface area contributed by atoms with Crippen molar-refractivity contribution in [3.63, 3.8) is 0 Å². The Hall–Kier alpha value is -7.88. The molecule has 0 unspecified atom stereocenters. The van der Waals surface area contributed by atoms with Gasteiger partial charge in [0.15, 0.2) is 0 Å². The van der Waals surface area contributed by atoms with Crippen molar-refractivity contribution in [2.45, 2.75) is 0 Å². The normalized spacial score (nSPS) is 12.1. The monoisotopic (exact) mass is 879 g/mol. The van der Waals surface area contributed by atoms with Crippen LogP contribution in [0.25, 0.3) is 124 Å². The van der Waals surface area contributed by atoms with Crippen LogP contribution < -0.4 is 0 Å². The number of benzene rings is 10. The van der Waals surface area contributed by atoms with Crippen LogP contribution in [0.2, 0.25) is 0 Å². The predicted molar refractivity (Wildman–Crippen MR) is 272 cm³/mol. The standard InChI is InChI=1S/C60H37N3Se/c1-2-16-38(17-3-1)42-18-4-5-19-43(42)39-34-57(60-48-24-10-15-29-58(48)64-59(60)35-39)63-54-28-14-9-23-47(54)50-37-41(31-33-56(50)63)62-53-27-13-8-22-46(53)49-36-40(30-32-55(49)62)61-51-25-11-6-20-44(51)45-21-7-12-26-52(45)61/h1-37H. The van der Waals surface area contributed by atoms with E-state index in [0.717, 1.165) is 11.4 Å². The Morgan fingerprint density at radius 3 is 1.27 bits per heavy atom. The van der Waals surface area contributed by atoms with Crippen molar-refractivity contribution in [2.24, 2.45) is 0 Å². The molecule has 0 N–H and O–H groups in total. The molecule has 0 aliphatic heterocycles. The Labute approximate surface area is 374 Å². The first-order valence-electron chi connectivity index (χ1n) is 21.9. The Kier molecular flexibility index (Phi) is 7.70. The van der Waals surface area contributed by atoms with E-state index >= 15 is 0 Å². The molecule has 64 heavy (non-hydrogen) atoms. The van der Waals surface area contributed by atoms with Crippen LogP contribution >= 0.6 is 0 Å². The minimum absolute atomic E-state index is 0.183. The molecule has 0 spiro atoms. The van der Waals surface area contributed by atoms with Crippen molar-refractivity contribution in [3.8, 4) is 39.3 Å². The zero-order valence-corrected chi connectivity index (χ0v) is 36.3. The first-order valence-corrected chi connectivity index (χ1v) is 23.6. The van der Waals surface area contributed by atoms with Gasteiger partial charge in [-0.25, -0.2) is 0 Å². The molecule has 0 atom stereocenters. The van der Waals surface area contributed by atoms with E-state index in [4.69, 9.17) is 0 Å². The summed E-state index contributed by atoms with van der Waals surface area (Å²) in [7, 11) is 0. The van der Waals surface area contributed by atoms with Gasteiger partial charge in [-0.2, -0.15) is 0 Å². The van der Waals surface area contributed by atoms with Gasteiger partial charge in [-0.3, -0.25) is 0 Å². The second-order valence-electron chi connectivity index (χ2n) is 16.9. The zero-order chi connectivity index (χ0) is 41.9. The van der Waals surface area contributed by atoms with Crippen LogP contribution in [0.15, 0.2) is 224 Å². The third-order valence-electron chi connectivity index (χ3n) is 13.4. The van der Waals surface area contributed by atoms with E-state index in [1.165, 1.54) is 113 Å². The minimum atomic E-state index is 0.183. The molecule has 14 rings (SSSR count). The van der Waals surface area contributed by atoms with E-state index in [0.29, 0.717) is 0 Å². The molecule has 4 heteroatoms. The summed E-state index contributed by atoms with van der Waals surface area (Å²) in [5, 5.41) is 10.2. The topological polar surface area (TPSA) is 14.8 Å². The average molecular weight is 879 g/mol. The van der Waals surface area contributed by atoms with Crippen LogP contribution in [-0.4, -0.2) is 28.2 Å². The first kappa shape index (κ1) is 35.7. The molecule has 298 valence electrons. The van der Waals surface area contributed by atoms with Crippen molar-refractivity contribution in [2.75, 3.05) is 0 Å². The van der Waals surface area contributed by atoms with Gasteiger partial charge in [0.05, 0.1) is 11.0 Å². The molecule has 4 aromatic heterocycles. The fraction of sp³-hybridized carbons (Fsp3) is 0. The second-order valence-corrected chi connectivity index (χ2v) is 19.1. The number of fused-ring (bicyclic) bond motifs is 12. The van der Waals surface area contributed by atoms with E-state index in [-0.39, 0.29) is 14.5 Å². The molecular weight excluding hydrogens is 842 g/mol. The summed E-state index contributed by atoms with van der Waals surface area (Å²) in [5.74, 6) is 0. The molecule has 0 amide bonds. The van der Waals surface area contributed by atoms with Crippen LogP contribution in [0, 0.1) is 0 Å². The molecule has 0 saturated carbocycles. The third kappa shape index (κ3) is 5.15.